The normalized spacial score (nSPS) is 17.4. The molecule has 1 aromatic carbocycles. The second-order valence-electron chi connectivity index (χ2n) is 13.8. The maximum Gasteiger partial charge on any atom is 0.123 e. The third kappa shape index (κ3) is 15.3. The Bertz CT molecular complexity index is 780. The molecule has 0 radical (unpaired) electrons. The second-order valence-corrected chi connectivity index (χ2v) is 13.8. The maximum absolute atomic E-state index is 6.59. The topological polar surface area (TPSA) is 31.4 Å². The molecule has 0 aromatic heterocycles. The summed E-state index contributed by atoms with van der Waals surface area (Å²) in [6.45, 7) is 18.1. The van der Waals surface area contributed by atoms with Gasteiger partial charge in [0.1, 0.15) is 11.5 Å². The Morgan fingerprint density at radius 2 is 0.841 bits per heavy atom. The summed E-state index contributed by atoms with van der Waals surface area (Å²) < 4.78 is 13.2. The molecule has 2 aliphatic rings. The van der Waals surface area contributed by atoms with Gasteiger partial charge in [0.25, 0.3) is 0 Å². The van der Waals surface area contributed by atoms with Crippen LogP contribution in [0.1, 0.15) is 115 Å². The Kier molecular flexibility index (Phi) is 19.4. The van der Waals surface area contributed by atoms with Gasteiger partial charge in [-0.15, -0.1) is 0 Å². The minimum Gasteiger partial charge on any atom is -0.493 e. The Morgan fingerprint density at radius 3 is 1.23 bits per heavy atom. The Morgan fingerprint density at radius 1 is 0.477 bits per heavy atom. The minimum atomic E-state index is 0.830. The average molecular weight is 615 g/mol. The third-order valence-electron chi connectivity index (χ3n) is 9.79. The number of hydrogen-bond donors (Lipinski definition) is 0. The number of benzene rings is 1. The van der Waals surface area contributed by atoms with Gasteiger partial charge < -0.3 is 29.1 Å². The predicted octanol–water partition coefficient (Wildman–Crippen LogP) is 7.53. The van der Waals surface area contributed by atoms with Gasteiger partial charge in [-0.3, -0.25) is 0 Å². The van der Waals surface area contributed by atoms with E-state index in [1.165, 1.54) is 154 Å². The molecule has 0 aliphatic carbocycles. The van der Waals surface area contributed by atoms with E-state index < -0.39 is 0 Å². The van der Waals surface area contributed by atoms with Gasteiger partial charge >= 0.3 is 0 Å². The lowest BCUT2D eigenvalue weighted by atomic mass is 10.0. The fourth-order valence-electron chi connectivity index (χ4n) is 6.56. The van der Waals surface area contributed by atoms with E-state index in [2.05, 4.69) is 59.7 Å². The van der Waals surface area contributed by atoms with E-state index in [0.717, 1.165) is 50.4 Å². The number of rotatable bonds is 24. The summed E-state index contributed by atoms with van der Waals surface area (Å²) in [5, 5.41) is 0. The van der Waals surface area contributed by atoms with Crippen LogP contribution < -0.4 is 9.47 Å². The van der Waals surface area contributed by atoms with E-state index >= 15 is 0 Å². The van der Waals surface area contributed by atoms with Crippen molar-refractivity contribution in [1.82, 2.24) is 19.6 Å². The number of unbranched alkanes of at least 4 members (excludes halogenated alkanes) is 10. The van der Waals surface area contributed by atoms with Gasteiger partial charge in [-0.2, -0.15) is 0 Å². The van der Waals surface area contributed by atoms with Gasteiger partial charge in [0.2, 0.25) is 0 Å². The molecule has 254 valence electrons. The van der Waals surface area contributed by atoms with Crippen molar-refractivity contribution in [2.75, 3.05) is 92.8 Å². The molecule has 0 atom stereocenters. The largest absolute Gasteiger partial charge is 0.493 e. The van der Waals surface area contributed by atoms with E-state index in [0.29, 0.717) is 0 Å². The molecular formula is C38H70N4O2. The van der Waals surface area contributed by atoms with Crippen molar-refractivity contribution in [1.29, 1.82) is 0 Å². The van der Waals surface area contributed by atoms with Crippen molar-refractivity contribution in [2.45, 2.75) is 117 Å². The van der Waals surface area contributed by atoms with Gasteiger partial charge in [-0.25, -0.2) is 0 Å². The molecule has 3 rings (SSSR count). The van der Waals surface area contributed by atoms with E-state index in [4.69, 9.17) is 9.47 Å². The summed E-state index contributed by atoms with van der Waals surface area (Å²) in [6.07, 6.45) is 20.0. The van der Waals surface area contributed by atoms with Gasteiger partial charge in [0.15, 0.2) is 0 Å². The summed E-state index contributed by atoms with van der Waals surface area (Å²) >= 11 is 0. The average Bonchev–Trinajstić information content (AvgIpc) is 3.03. The van der Waals surface area contributed by atoms with Crippen LogP contribution in [-0.2, 0) is 12.8 Å². The Labute approximate surface area is 272 Å². The third-order valence-corrected chi connectivity index (χ3v) is 9.79. The molecule has 2 aliphatic heterocycles. The highest BCUT2D eigenvalue weighted by molar-refractivity contribution is 5.47. The molecule has 0 saturated carbocycles. The van der Waals surface area contributed by atoms with E-state index in [9.17, 15) is 0 Å². The molecular weight excluding hydrogens is 544 g/mol. The Balaban J connectivity index is 1.64. The SMILES string of the molecule is CCCCCCCCOc1cc(CCCN2CCN(C)CC2)c(OCCCCCCCC)cc1CCCN1CCN(C)CC1. The molecule has 0 unspecified atom stereocenters. The smallest absolute Gasteiger partial charge is 0.123 e. The van der Waals surface area contributed by atoms with Crippen LogP contribution in [0, 0.1) is 0 Å². The number of nitrogens with zero attached hydrogens (tertiary/aromatic N) is 4. The standard InChI is InChI=1S/C38H70N4O2/c1-5-7-9-11-13-15-31-43-37-33-36(20-18-22-42-29-25-40(4)26-30-42)38(44-32-16-14-12-10-8-6-2)34-35(37)19-17-21-41-27-23-39(3)24-28-41/h33-34H,5-32H2,1-4H3. The number of aryl methyl sites for hydroxylation is 2. The number of likely N-dealkylation sites (N-methyl/N-ethyl adjacent to an activating group) is 2. The maximum atomic E-state index is 6.59. The predicted molar refractivity (Wildman–Crippen MR) is 189 cm³/mol. The summed E-state index contributed by atoms with van der Waals surface area (Å²) in [5.41, 5.74) is 2.71. The number of ether oxygens (including phenoxy) is 2. The second kappa shape index (κ2) is 23.1. The number of piperazine rings is 2. The number of hydrogen-bond acceptors (Lipinski definition) is 6. The van der Waals surface area contributed by atoms with Crippen molar-refractivity contribution in [2.24, 2.45) is 0 Å². The molecule has 6 heteroatoms. The first-order valence-electron chi connectivity index (χ1n) is 18.8. The molecule has 1 aromatic rings. The molecule has 0 amide bonds. The van der Waals surface area contributed by atoms with Gasteiger partial charge in [0, 0.05) is 52.4 Å². The van der Waals surface area contributed by atoms with Crippen molar-refractivity contribution in [3.05, 3.63) is 23.3 Å². The van der Waals surface area contributed by atoms with E-state index in [1.54, 1.807) is 0 Å². The highest BCUT2D eigenvalue weighted by Crippen LogP contribution is 2.32. The van der Waals surface area contributed by atoms with Crippen LogP contribution in [0.3, 0.4) is 0 Å². The van der Waals surface area contributed by atoms with Crippen LogP contribution in [0.5, 0.6) is 11.5 Å². The van der Waals surface area contributed by atoms with Crippen LogP contribution in [0.2, 0.25) is 0 Å². The summed E-state index contributed by atoms with van der Waals surface area (Å²) in [7, 11) is 4.48. The van der Waals surface area contributed by atoms with Crippen LogP contribution >= 0.6 is 0 Å². The first-order valence-corrected chi connectivity index (χ1v) is 18.8. The summed E-state index contributed by atoms with van der Waals surface area (Å²) in [4.78, 5) is 10.2. The summed E-state index contributed by atoms with van der Waals surface area (Å²) in [5.74, 6) is 2.25. The molecule has 0 N–H and O–H groups in total. The lowest BCUT2D eigenvalue weighted by Gasteiger charge is -2.32. The monoisotopic (exact) mass is 615 g/mol. The quantitative estimate of drug-likeness (QED) is 0.112. The van der Waals surface area contributed by atoms with Crippen molar-refractivity contribution in [3.8, 4) is 11.5 Å². The van der Waals surface area contributed by atoms with E-state index in [1.807, 2.05) is 0 Å². The highest BCUT2D eigenvalue weighted by Gasteiger charge is 2.17. The molecule has 0 bridgehead atoms. The zero-order chi connectivity index (χ0) is 31.2. The molecule has 44 heavy (non-hydrogen) atoms. The van der Waals surface area contributed by atoms with Crippen molar-refractivity contribution < 1.29 is 9.47 Å². The molecule has 2 fully saturated rings. The lowest BCUT2D eigenvalue weighted by molar-refractivity contribution is 0.152. The zero-order valence-corrected chi connectivity index (χ0v) is 29.6. The van der Waals surface area contributed by atoms with Gasteiger partial charge in [0.05, 0.1) is 13.2 Å². The van der Waals surface area contributed by atoms with Crippen molar-refractivity contribution in [3.63, 3.8) is 0 Å². The van der Waals surface area contributed by atoms with Crippen molar-refractivity contribution >= 4 is 0 Å². The molecule has 2 saturated heterocycles. The molecule has 0 spiro atoms. The lowest BCUT2D eigenvalue weighted by Crippen LogP contribution is -2.44. The minimum absolute atomic E-state index is 0.830. The Hall–Kier alpha value is -1.34. The zero-order valence-electron chi connectivity index (χ0n) is 29.6. The first kappa shape index (κ1) is 37.1. The first-order chi connectivity index (χ1) is 21.6. The highest BCUT2D eigenvalue weighted by atomic mass is 16.5. The molecule has 2 heterocycles. The van der Waals surface area contributed by atoms with Crippen LogP contribution in [0.15, 0.2) is 12.1 Å². The van der Waals surface area contributed by atoms with Crippen LogP contribution in [-0.4, -0.2) is 112 Å². The summed E-state index contributed by atoms with van der Waals surface area (Å²) in [6, 6.07) is 4.76. The van der Waals surface area contributed by atoms with Gasteiger partial charge in [-0.05, 0) is 89.0 Å². The van der Waals surface area contributed by atoms with Crippen LogP contribution in [0.25, 0.3) is 0 Å². The molecule has 6 nitrogen and oxygen atoms in total. The fraction of sp³-hybridized carbons (Fsp3) is 0.842. The van der Waals surface area contributed by atoms with Crippen LogP contribution in [0.4, 0.5) is 0 Å². The van der Waals surface area contributed by atoms with E-state index in [-0.39, 0.29) is 0 Å². The fourth-order valence-corrected chi connectivity index (χ4v) is 6.56. The van der Waals surface area contributed by atoms with Gasteiger partial charge in [-0.1, -0.05) is 78.1 Å².